The fourth-order valence-corrected chi connectivity index (χ4v) is 2.96. The highest BCUT2D eigenvalue weighted by Crippen LogP contribution is 2.31. The summed E-state index contributed by atoms with van der Waals surface area (Å²) in [5, 5.41) is 8.63. The van der Waals surface area contributed by atoms with Crippen molar-refractivity contribution >= 4 is 0 Å². The van der Waals surface area contributed by atoms with Crippen molar-refractivity contribution in [3.05, 3.63) is 71.5 Å². The van der Waals surface area contributed by atoms with Gasteiger partial charge < -0.3 is 4.52 Å². The molecular weight excluding hydrogens is 407 g/mol. The molecule has 0 amide bonds. The summed E-state index contributed by atoms with van der Waals surface area (Å²) in [6.07, 6.45) is -3.70. The van der Waals surface area contributed by atoms with Crippen LogP contribution in [0.15, 0.2) is 59.3 Å². The monoisotopic (exact) mass is 427 g/mol. The first-order valence-electron chi connectivity index (χ1n) is 9.61. The lowest BCUT2D eigenvalue weighted by Gasteiger charge is -2.14. The van der Waals surface area contributed by atoms with E-state index in [-0.39, 0.29) is 22.8 Å². The highest BCUT2D eigenvalue weighted by Gasteiger charge is 2.31. The summed E-state index contributed by atoms with van der Waals surface area (Å²) in [5.74, 6) is 0.323. The van der Waals surface area contributed by atoms with Crippen LogP contribution in [-0.4, -0.2) is 24.9 Å². The van der Waals surface area contributed by atoms with Crippen LogP contribution in [0.5, 0.6) is 0 Å². The summed E-state index contributed by atoms with van der Waals surface area (Å²) in [6, 6.07) is 13.9. The van der Waals surface area contributed by atoms with Gasteiger partial charge in [-0.25, -0.2) is 0 Å². The fraction of sp³-hybridized carbons (Fsp3) is 0.273. The molecule has 0 unspecified atom stereocenters. The number of alkyl halides is 3. The van der Waals surface area contributed by atoms with E-state index in [9.17, 15) is 13.2 Å². The first kappa shape index (κ1) is 20.8. The van der Waals surface area contributed by atoms with Crippen LogP contribution in [0.2, 0.25) is 0 Å². The lowest BCUT2D eigenvalue weighted by molar-refractivity contribution is -0.137. The van der Waals surface area contributed by atoms with Gasteiger partial charge in [-0.15, -0.1) is 0 Å². The van der Waals surface area contributed by atoms with Crippen molar-refractivity contribution in [3.63, 3.8) is 0 Å². The summed E-state index contributed by atoms with van der Waals surface area (Å²) in [5.41, 5.74) is 1.68. The Bertz CT molecular complexity index is 1170. The van der Waals surface area contributed by atoms with E-state index in [1.807, 2.05) is 36.4 Å². The zero-order valence-corrected chi connectivity index (χ0v) is 17.2. The second kappa shape index (κ2) is 7.64. The maximum absolute atomic E-state index is 12.8. The minimum absolute atomic E-state index is 0.105. The van der Waals surface area contributed by atoms with Gasteiger partial charge in [-0.1, -0.05) is 56.3 Å². The molecule has 0 saturated heterocycles. The van der Waals surface area contributed by atoms with Gasteiger partial charge in [-0.3, -0.25) is 9.67 Å². The quantitative estimate of drug-likeness (QED) is 0.439. The Kier molecular flexibility index (Phi) is 5.12. The van der Waals surface area contributed by atoms with E-state index >= 15 is 0 Å². The van der Waals surface area contributed by atoms with Crippen molar-refractivity contribution in [2.75, 3.05) is 0 Å². The Balaban J connectivity index is 1.69. The zero-order valence-electron chi connectivity index (χ0n) is 17.2. The zero-order chi connectivity index (χ0) is 22.2. The minimum Gasteiger partial charge on any atom is -0.332 e. The van der Waals surface area contributed by atoms with Crippen molar-refractivity contribution in [1.29, 1.82) is 0 Å². The number of hydrogen-bond acceptors (Lipinski definition) is 5. The summed E-state index contributed by atoms with van der Waals surface area (Å²) < 4.78 is 45.5. The summed E-state index contributed by atoms with van der Waals surface area (Å²) >= 11 is 0. The third-order valence-corrected chi connectivity index (χ3v) is 4.69. The van der Waals surface area contributed by atoms with Gasteiger partial charge in [0.15, 0.2) is 0 Å². The number of aromatic nitrogens is 5. The molecule has 1 aromatic carbocycles. The van der Waals surface area contributed by atoms with Gasteiger partial charge in [-0.05, 0) is 23.8 Å². The topological polar surface area (TPSA) is 69.6 Å². The molecule has 3 aromatic heterocycles. The van der Waals surface area contributed by atoms with Crippen molar-refractivity contribution in [2.24, 2.45) is 0 Å². The van der Waals surface area contributed by atoms with E-state index < -0.39 is 11.7 Å². The first-order valence-corrected chi connectivity index (χ1v) is 9.61. The molecule has 0 saturated carbocycles. The van der Waals surface area contributed by atoms with Crippen molar-refractivity contribution in [1.82, 2.24) is 24.9 Å². The molecular formula is C22H20F3N5O. The molecule has 0 radical (unpaired) electrons. The third-order valence-electron chi connectivity index (χ3n) is 4.69. The van der Waals surface area contributed by atoms with E-state index in [4.69, 9.17) is 9.62 Å². The molecule has 0 atom stereocenters. The van der Waals surface area contributed by atoms with Crippen molar-refractivity contribution in [3.8, 4) is 23.1 Å². The molecule has 4 rings (SSSR count). The predicted octanol–water partition coefficient (Wildman–Crippen LogP) is 5.36. The summed E-state index contributed by atoms with van der Waals surface area (Å²) in [6.45, 7) is 6.66. The van der Waals surface area contributed by atoms with E-state index in [0.717, 1.165) is 23.5 Å². The van der Waals surface area contributed by atoms with Crippen molar-refractivity contribution < 1.29 is 17.7 Å². The van der Waals surface area contributed by atoms with Crippen LogP contribution in [0, 0.1) is 0 Å². The second-order valence-corrected chi connectivity index (χ2v) is 8.16. The number of pyridine rings is 1. The molecule has 0 bridgehead atoms. The number of halogens is 3. The molecule has 31 heavy (non-hydrogen) atoms. The smallest absolute Gasteiger partial charge is 0.332 e. The highest BCUT2D eigenvalue weighted by molar-refractivity contribution is 5.55. The molecule has 9 heteroatoms. The molecule has 0 fully saturated rings. The fourth-order valence-electron chi connectivity index (χ4n) is 2.96. The van der Waals surface area contributed by atoms with Crippen LogP contribution >= 0.6 is 0 Å². The molecule has 0 aliphatic heterocycles. The maximum Gasteiger partial charge on any atom is 0.417 e. The molecule has 0 aliphatic rings. The summed E-state index contributed by atoms with van der Waals surface area (Å²) in [7, 11) is 0. The second-order valence-electron chi connectivity index (χ2n) is 8.16. The van der Waals surface area contributed by atoms with Crippen LogP contribution in [0.4, 0.5) is 13.2 Å². The molecule has 3 heterocycles. The Hall–Kier alpha value is -3.49. The normalized spacial score (nSPS) is 12.3. The number of rotatable bonds is 4. The summed E-state index contributed by atoms with van der Waals surface area (Å²) in [4.78, 5) is 8.19. The molecule has 160 valence electrons. The standard InChI is InChI=1S/C22H20F3N5O/c1-21(2,3)18-11-17(30(28-18)13-14-7-5-4-6-8-14)20-27-19(29-31-20)16-10-9-15(12-26-16)22(23,24)25/h4-12H,13H2,1-3H3. The van der Waals surface area contributed by atoms with Crippen LogP contribution in [0.1, 0.15) is 37.6 Å². The SMILES string of the molecule is CC(C)(C)c1cc(-c2nc(-c3ccc(C(F)(F)F)cn3)no2)n(Cc2ccccc2)n1. The van der Waals surface area contributed by atoms with E-state index in [0.29, 0.717) is 12.2 Å². The largest absolute Gasteiger partial charge is 0.417 e. The number of hydrogen-bond donors (Lipinski definition) is 0. The minimum atomic E-state index is -4.46. The number of benzene rings is 1. The van der Waals surface area contributed by atoms with Gasteiger partial charge in [0.05, 0.1) is 17.8 Å². The molecule has 0 N–H and O–H groups in total. The van der Waals surface area contributed by atoms with Gasteiger partial charge >= 0.3 is 6.18 Å². The lowest BCUT2D eigenvalue weighted by atomic mass is 9.92. The van der Waals surface area contributed by atoms with Crippen LogP contribution in [0.25, 0.3) is 23.1 Å². The first-order chi connectivity index (χ1) is 14.6. The molecule has 6 nitrogen and oxygen atoms in total. The van der Waals surface area contributed by atoms with Gasteiger partial charge in [-0.2, -0.15) is 23.3 Å². The Morgan fingerprint density at radius 1 is 1.00 bits per heavy atom. The van der Waals surface area contributed by atoms with E-state index in [1.165, 1.54) is 6.07 Å². The Morgan fingerprint density at radius 3 is 2.35 bits per heavy atom. The average molecular weight is 427 g/mol. The van der Waals surface area contributed by atoms with Crippen LogP contribution < -0.4 is 0 Å². The van der Waals surface area contributed by atoms with Gasteiger partial charge in [0, 0.05) is 11.6 Å². The van der Waals surface area contributed by atoms with E-state index in [1.54, 1.807) is 4.68 Å². The van der Waals surface area contributed by atoms with Gasteiger partial charge in [0.1, 0.15) is 11.4 Å². The Morgan fingerprint density at radius 2 is 1.74 bits per heavy atom. The van der Waals surface area contributed by atoms with Crippen molar-refractivity contribution in [2.45, 2.75) is 38.9 Å². The third kappa shape index (κ3) is 4.50. The maximum atomic E-state index is 12.8. The predicted molar refractivity (Wildman–Crippen MR) is 108 cm³/mol. The molecule has 0 spiro atoms. The number of nitrogens with zero attached hydrogens (tertiary/aromatic N) is 5. The highest BCUT2D eigenvalue weighted by atomic mass is 19.4. The lowest BCUT2D eigenvalue weighted by Crippen LogP contribution is -2.13. The Labute approximate surface area is 176 Å². The van der Waals surface area contributed by atoms with Gasteiger partial charge in [0.2, 0.25) is 5.82 Å². The molecule has 0 aliphatic carbocycles. The van der Waals surface area contributed by atoms with Crippen LogP contribution in [-0.2, 0) is 18.1 Å². The van der Waals surface area contributed by atoms with Gasteiger partial charge in [0.25, 0.3) is 5.89 Å². The molecule has 4 aromatic rings. The van der Waals surface area contributed by atoms with E-state index in [2.05, 4.69) is 35.9 Å². The average Bonchev–Trinajstić information content (AvgIpc) is 3.35. The van der Waals surface area contributed by atoms with Crippen LogP contribution in [0.3, 0.4) is 0 Å².